The highest BCUT2D eigenvalue weighted by molar-refractivity contribution is 5.75. The van der Waals surface area contributed by atoms with Crippen molar-refractivity contribution in [3.63, 3.8) is 0 Å². The van der Waals surface area contributed by atoms with E-state index in [0.29, 0.717) is 13.0 Å². The summed E-state index contributed by atoms with van der Waals surface area (Å²) in [6.45, 7) is 3.58. The van der Waals surface area contributed by atoms with Crippen LogP contribution >= 0.6 is 0 Å². The fraction of sp³-hybridized carbons (Fsp3) is 0.375. The van der Waals surface area contributed by atoms with Crippen LogP contribution in [0.25, 0.3) is 11.4 Å². The van der Waals surface area contributed by atoms with Gasteiger partial charge in [0.1, 0.15) is 5.82 Å². The molecule has 2 aromatic rings. The van der Waals surface area contributed by atoms with Crippen molar-refractivity contribution in [3.05, 3.63) is 42.7 Å². The van der Waals surface area contributed by atoms with E-state index < -0.39 is 0 Å². The normalized spacial score (nSPS) is 10.4. The lowest BCUT2D eigenvalue weighted by molar-refractivity contribution is -0.121. The zero-order chi connectivity index (χ0) is 14.2. The lowest BCUT2D eigenvalue weighted by Crippen LogP contribution is -2.24. The summed E-state index contributed by atoms with van der Waals surface area (Å²) in [5.74, 6) is 1.12. The van der Waals surface area contributed by atoms with Crippen molar-refractivity contribution in [2.75, 3.05) is 6.54 Å². The summed E-state index contributed by atoms with van der Waals surface area (Å²) < 4.78 is 2.13. The molecule has 4 heteroatoms. The van der Waals surface area contributed by atoms with Crippen LogP contribution in [0.1, 0.15) is 26.2 Å². The summed E-state index contributed by atoms with van der Waals surface area (Å²) in [6.07, 6.45) is 6.21. The number of aromatic nitrogens is 2. The van der Waals surface area contributed by atoms with Gasteiger partial charge in [-0.2, -0.15) is 0 Å². The van der Waals surface area contributed by atoms with Gasteiger partial charge in [0.15, 0.2) is 0 Å². The monoisotopic (exact) mass is 271 g/mol. The second kappa shape index (κ2) is 7.48. The van der Waals surface area contributed by atoms with Gasteiger partial charge in [-0.25, -0.2) is 4.98 Å². The molecule has 0 saturated carbocycles. The topological polar surface area (TPSA) is 46.9 Å². The van der Waals surface area contributed by atoms with Gasteiger partial charge in [0, 0.05) is 37.5 Å². The molecule has 106 valence electrons. The Bertz CT molecular complexity index is 534. The molecule has 20 heavy (non-hydrogen) atoms. The number of nitrogens with zero attached hydrogens (tertiary/aromatic N) is 2. The molecular weight excluding hydrogens is 250 g/mol. The van der Waals surface area contributed by atoms with Gasteiger partial charge in [-0.3, -0.25) is 4.79 Å². The van der Waals surface area contributed by atoms with Crippen LogP contribution in [0.5, 0.6) is 0 Å². The van der Waals surface area contributed by atoms with E-state index >= 15 is 0 Å². The molecule has 0 bridgehead atoms. The van der Waals surface area contributed by atoms with Gasteiger partial charge >= 0.3 is 0 Å². The molecule has 0 aliphatic carbocycles. The van der Waals surface area contributed by atoms with Crippen molar-refractivity contribution in [3.8, 4) is 11.4 Å². The summed E-state index contributed by atoms with van der Waals surface area (Å²) in [4.78, 5) is 15.8. The maximum absolute atomic E-state index is 11.4. The average Bonchev–Trinajstić information content (AvgIpc) is 2.93. The summed E-state index contributed by atoms with van der Waals surface area (Å²) in [7, 11) is 0. The SMILES string of the molecule is CCCC(=O)NCCCn1ccnc1-c1ccccc1. The summed E-state index contributed by atoms with van der Waals surface area (Å²) in [5.41, 5.74) is 1.12. The van der Waals surface area contributed by atoms with Gasteiger partial charge in [0.25, 0.3) is 0 Å². The summed E-state index contributed by atoms with van der Waals surface area (Å²) in [5, 5.41) is 2.93. The number of rotatable bonds is 7. The number of aryl methyl sites for hydroxylation is 1. The first-order valence-electron chi connectivity index (χ1n) is 7.14. The first-order valence-corrected chi connectivity index (χ1v) is 7.14. The molecule has 2 rings (SSSR count). The molecule has 1 aromatic carbocycles. The number of carbonyl (C=O) groups excluding carboxylic acids is 1. The van der Waals surface area contributed by atoms with Gasteiger partial charge in [-0.15, -0.1) is 0 Å². The minimum absolute atomic E-state index is 0.140. The van der Waals surface area contributed by atoms with Gasteiger partial charge < -0.3 is 9.88 Å². The average molecular weight is 271 g/mol. The van der Waals surface area contributed by atoms with Crippen LogP contribution in [0.3, 0.4) is 0 Å². The van der Waals surface area contributed by atoms with Gasteiger partial charge in [0.05, 0.1) is 0 Å². The van der Waals surface area contributed by atoms with E-state index in [2.05, 4.69) is 27.0 Å². The molecule has 0 atom stereocenters. The predicted octanol–water partition coefficient (Wildman–Crippen LogP) is 2.86. The predicted molar refractivity (Wildman–Crippen MR) is 80.2 cm³/mol. The maximum Gasteiger partial charge on any atom is 0.219 e. The summed E-state index contributed by atoms with van der Waals surface area (Å²) >= 11 is 0. The minimum atomic E-state index is 0.140. The lowest BCUT2D eigenvalue weighted by atomic mass is 10.2. The number of carbonyl (C=O) groups is 1. The van der Waals surface area contributed by atoms with E-state index in [-0.39, 0.29) is 5.91 Å². The molecule has 0 unspecified atom stereocenters. The Kier molecular flexibility index (Phi) is 5.35. The zero-order valence-electron chi connectivity index (χ0n) is 11.9. The van der Waals surface area contributed by atoms with Gasteiger partial charge in [0.2, 0.25) is 5.91 Å². The second-order valence-corrected chi connectivity index (χ2v) is 4.76. The molecule has 0 saturated heterocycles. The number of imidazole rings is 1. The molecule has 1 amide bonds. The Morgan fingerprint density at radius 2 is 2.10 bits per heavy atom. The standard InChI is InChI=1S/C16H21N3O/c1-2-7-15(20)17-10-6-12-19-13-11-18-16(19)14-8-4-3-5-9-14/h3-5,8-9,11,13H,2,6-7,10,12H2,1H3,(H,17,20). The second-order valence-electron chi connectivity index (χ2n) is 4.76. The lowest BCUT2D eigenvalue weighted by Gasteiger charge is -2.08. The van der Waals surface area contributed by atoms with E-state index in [4.69, 9.17) is 0 Å². The number of nitrogens with one attached hydrogen (secondary N) is 1. The van der Waals surface area contributed by atoms with Crippen molar-refractivity contribution in [1.82, 2.24) is 14.9 Å². The highest BCUT2D eigenvalue weighted by Gasteiger charge is 2.05. The van der Waals surface area contributed by atoms with Crippen LogP contribution in [-0.4, -0.2) is 22.0 Å². The van der Waals surface area contributed by atoms with Crippen molar-refractivity contribution >= 4 is 5.91 Å². The number of amides is 1. The van der Waals surface area contributed by atoms with E-state index in [0.717, 1.165) is 30.8 Å². The van der Waals surface area contributed by atoms with Crippen LogP contribution in [-0.2, 0) is 11.3 Å². The van der Waals surface area contributed by atoms with E-state index in [1.807, 2.05) is 37.5 Å². The third-order valence-corrected chi connectivity index (χ3v) is 3.12. The molecular formula is C16H21N3O. The molecule has 1 N–H and O–H groups in total. The highest BCUT2D eigenvalue weighted by Crippen LogP contribution is 2.16. The fourth-order valence-corrected chi connectivity index (χ4v) is 2.13. The Balaban J connectivity index is 1.86. The number of benzene rings is 1. The van der Waals surface area contributed by atoms with Crippen molar-refractivity contribution < 1.29 is 4.79 Å². The smallest absolute Gasteiger partial charge is 0.219 e. The van der Waals surface area contributed by atoms with Crippen LogP contribution in [0.4, 0.5) is 0 Å². The zero-order valence-corrected chi connectivity index (χ0v) is 11.9. The molecule has 4 nitrogen and oxygen atoms in total. The van der Waals surface area contributed by atoms with Gasteiger partial charge in [-0.05, 0) is 12.8 Å². The molecule has 0 aliphatic heterocycles. The van der Waals surface area contributed by atoms with E-state index in [1.54, 1.807) is 0 Å². The Morgan fingerprint density at radius 3 is 2.85 bits per heavy atom. The summed E-state index contributed by atoms with van der Waals surface area (Å²) in [6, 6.07) is 10.1. The highest BCUT2D eigenvalue weighted by atomic mass is 16.1. The molecule has 1 aromatic heterocycles. The largest absolute Gasteiger partial charge is 0.356 e. The molecule has 0 radical (unpaired) electrons. The fourth-order valence-electron chi connectivity index (χ4n) is 2.13. The Labute approximate surface area is 119 Å². The van der Waals surface area contributed by atoms with Crippen LogP contribution < -0.4 is 5.32 Å². The third-order valence-electron chi connectivity index (χ3n) is 3.12. The first kappa shape index (κ1) is 14.3. The Morgan fingerprint density at radius 1 is 1.30 bits per heavy atom. The van der Waals surface area contributed by atoms with Crippen molar-refractivity contribution in [2.24, 2.45) is 0 Å². The third kappa shape index (κ3) is 3.95. The van der Waals surface area contributed by atoms with E-state index in [1.165, 1.54) is 0 Å². The quantitative estimate of drug-likeness (QED) is 0.787. The maximum atomic E-state index is 11.4. The molecule has 0 spiro atoms. The van der Waals surface area contributed by atoms with Gasteiger partial charge in [-0.1, -0.05) is 37.3 Å². The van der Waals surface area contributed by atoms with E-state index in [9.17, 15) is 4.79 Å². The molecule has 0 fully saturated rings. The van der Waals surface area contributed by atoms with Crippen molar-refractivity contribution in [1.29, 1.82) is 0 Å². The van der Waals surface area contributed by atoms with Crippen LogP contribution in [0, 0.1) is 0 Å². The van der Waals surface area contributed by atoms with Crippen molar-refractivity contribution in [2.45, 2.75) is 32.7 Å². The molecule has 0 aliphatic rings. The first-order chi connectivity index (χ1) is 9.81. The molecule has 1 heterocycles. The van der Waals surface area contributed by atoms with Crippen LogP contribution in [0.2, 0.25) is 0 Å². The minimum Gasteiger partial charge on any atom is -0.356 e. The Hall–Kier alpha value is -2.10. The van der Waals surface area contributed by atoms with Crippen LogP contribution in [0.15, 0.2) is 42.7 Å². The number of hydrogen-bond donors (Lipinski definition) is 1. The number of hydrogen-bond acceptors (Lipinski definition) is 2.